The smallest absolute Gasteiger partial charge is 0.0450 e. The van der Waals surface area contributed by atoms with Gasteiger partial charge in [-0.15, -0.1) is 0 Å². The van der Waals surface area contributed by atoms with Gasteiger partial charge in [-0.25, -0.2) is 0 Å². The summed E-state index contributed by atoms with van der Waals surface area (Å²) in [6, 6.07) is 8.03. The van der Waals surface area contributed by atoms with Gasteiger partial charge < -0.3 is 5.32 Å². The van der Waals surface area contributed by atoms with E-state index in [1.807, 2.05) is 30.0 Å². The fourth-order valence-corrected chi connectivity index (χ4v) is 2.41. The molecular weight excluding hydrogens is 250 g/mol. The summed E-state index contributed by atoms with van der Waals surface area (Å²) in [4.78, 5) is 0. The minimum atomic E-state index is 0.861. The number of rotatable bonds is 9. The zero-order chi connectivity index (χ0) is 12.3. The van der Waals surface area contributed by atoms with Crippen molar-refractivity contribution >= 4 is 23.4 Å². The van der Waals surface area contributed by atoms with Crippen molar-refractivity contribution in [3.63, 3.8) is 0 Å². The lowest BCUT2D eigenvalue weighted by atomic mass is 10.2. The second kappa shape index (κ2) is 9.81. The fourth-order valence-electron chi connectivity index (χ4n) is 1.71. The van der Waals surface area contributed by atoms with E-state index in [4.69, 9.17) is 11.6 Å². The summed E-state index contributed by atoms with van der Waals surface area (Å²) < 4.78 is 0. The molecule has 0 saturated heterocycles. The molecule has 1 nitrogen and oxygen atoms in total. The van der Waals surface area contributed by atoms with Crippen molar-refractivity contribution in [2.75, 3.05) is 18.6 Å². The molecule has 0 aliphatic carbocycles. The van der Waals surface area contributed by atoms with E-state index in [9.17, 15) is 0 Å². The lowest BCUT2D eigenvalue weighted by molar-refractivity contribution is 0.599. The third-order valence-corrected chi connectivity index (χ3v) is 3.79. The summed E-state index contributed by atoms with van der Waals surface area (Å²) >= 11 is 8.02. The van der Waals surface area contributed by atoms with Gasteiger partial charge in [0, 0.05) is 11.6 Å². The molecule has 0 atom stereocenters. The Bertz CT molecular complexity index is 304. The van der Waals surface area contributed by atoms with Crippen molar-refractivity contribution in [1.29, 1.82) is 0 Å². The lowest BCUT2D eigenvalue weighted by Crippen LogP contribution is -2.14. The van der Waals surface area contributed by atoms with Gasteiger partial charge in [0.25, 0.3) is 0 Å². The van der Waals surface area contributed by atoms with Crippen LogP contribution in [0.2, 0.25) is 5.02 Å². The van der Waals surface area contributed by atoms with Crippen LogP contribution < -0.4 is 5.32 Å². The van der Waals surface area contributed by atoms with Gasteiger partial charge in [0.2, 0.25) is 0 Å². The topological polar surface area (TPSA) is 12.0 Å². The molecule has 0 aliphatic heterocycles. The van der Waals surface area contributed by atoms with E-state index >= 15 is 0 Å². The average molecular weight is 272 g/mol. The van der Waals surface area contributed by atoms with Crippen LogP contribution in [0.4, 0.5) is 0 Å². The molecule has 1 rings (SSSR count). The molecule has 0 unspecified atom stereocenters. The van der Waals surface area contributed by atoms with Crippen molar-refractivity contribution in [3.8, 4) is 0 Å². The highest BCUT2D eigenvalue weighted by Crippen LogP contribution is 2.14. The Morgan fingerprint density at radius 3 is 2.65 bits per heavy atom. The van der Waals surface area contributed by atoms with Crippen molar-refractivity contribution in [1.82, 2.24) is 5.32 Å². The summed E-state index contributed by atoms with van der Waals surface area (Å²) in [6.07, 6.45) is 7.47. The number of unbranched alkanes of at least 4 members (excludes halogenated alkanes) is 3. The summed E-state index contributed by atoms with van der Waals surface area (Å²) in [5, 5.41) is 4.30. The van der Waals surface area contributed by atoms with Crippen molar-refractivity contribution in [2.45, 2.75) is 32.2 Å². The molecule has 96 valence electrons. The molecule has 0 bridgehead atoms. The first-order chi connectivity index (χ1) is 8.34. The van der Waals surface area contributed by atoms with E-state index in [2.05, 4.69) is 17.6 Å². The maximum Gasteiger partial charge on any atom is 0.0450 e. The predicted octanol–water partition coefficient (Wildman–Crippen LogP) is 4.35. The van der Waals surface area contributed by atoms with Crippen molar-refractivity contribution in [2.24, 2.45) is 0 Å². The van der Waals surface area contributed by atoms with Crippen LogP contribution in [0.5, 0.6) is 0 Å². The Hall–Kier alpha value is -0.180. The molecule has 0 fully saturated rings. The number of nitrogens with one attached hydrogen (secondary N) is 1. The average Bonchev–Trinajstić information content (AvgIpc) is 2.35. The maximum absolute atomic E-state index is 6.08. The van der Waals surface area contributed by atoms with Crippen molar-refractivity contribution < 1.29 is 0 Å². The van der Waals surface area contributed by atoms with Gasteiger partial charge in [-0.1, -0.05) is 42.6 Å². The summed E-state index contributed by atoms with van der Waals surface area (Å²) in [6.45, 7) is 1.97. The van der Waals surface area contributed by atoms with Crippen LogP contribution in [0.15, 0.2) is 24.3 Å². The molecule has 0 aromatic heterocycles. The molecule has 3 heteroatoms. The maximum atomic E-state index is 6.08. The number of thioether (sulfide) groups is 1. The molecule has 0 aliphatic rings. The monoisotopic (exact) mass is 271 g/mol. The number of benzene rings is 1. The van der Waals surface area contributed by atoms with E-state index in [1.54, 1.807) is 0 Å². The predicted molar refractivity (Wildman–Crippen MR) is 80.0 cm³/mol. The van der Waals surface area contributed by atoms with E-state index in [0.29, 0.717) is 0 Å². The van der Waals surface area contributed by atoms with Gasteiger partial charge in [-0.2, -0.15) is 11.8 Å². The summed E-state index contributed by atoms with van der Waals surface area (Å²) in [5.74, 6) is 1.30. The van der Waals surface area contributed by atoms with Crippen LogP contribution in [-0.4, -0.2) is 18.6 Å². The molecular formula is C14H22ClNS. The van der Waals surface area contributed by atoms with E-state index in [0.717, 1.165) is 18.1 Å². The van der Waals surface area contributed by atoms with Crippen LogP contribution in [0.3, 0.4) is 0 Å². The molecule has 1 aromatic rings. The van der Waals surface area contributed by atoms with Crippen molar-refractivity contribution in [3.05, 3.63) is 34.9 Å². The highest BCUT2D eigenvalue weighted by molar-refractivity contribution is 7.98. The number of hydrogen-bond donors (Lipinski definition) is 1. The molecule has 0 saturated carbocycles. The third kappa shape index (κ3) is 6.97. The molecule has 1 N–H and O–H groups in total. The number of hydrogen-bond acceptors (Lipinski definition) is 2. The molecule has 0 heterocycles. The fraction of sp³-hybridized carbons (Fsp3) is 0.571. The quantitative estimate of drug-likeness (QED) is 0.670. The molecule has 0 spiro atoms. The zero-order valence-electron chi connectivity index (χ0n) is 10.5. The van der Waals surface area contributed by atoms with Crippen LogP contribution >= 0.6 is 23.4 Å². The lowest BCUT2D eigenvalue weighted by Gasteiger charge is -2.06. The molecule has 17 heavy (non-hydrogen) atoms. The summed E-state index contributed by atoms with van der Waals surface area (Å²) in [5.41, 5.74) is 1.19. The Morgan fingerprint density at radius 1 is 1.12 bits per heavy atom. The van der Waals surface area contributed by atoms with Crippen LogP contribution in [0.25, 0.3) is 0 Å². The molecule has 0 amide bonds. The normalized spacial score (nSPS) is 10.7. The van der Waals surface area contributed by atoms with Gasteiger partial charge in [0.1, 0.15) is 0 Å². The third-order valence-electron chi connectivity index (χ3n) is 2.73. The number of halogens is 1. The van der Waals surface area contributed by atoms with Gasteiger partial charge in [-0.3, -0.25) is 0 Å². The first kappa shape index (κ1) is 14.9. The Kier molecular flexibility index (Phi) is 8.59. The Balaban J connectivity index is 1.99. The van der Waals surface area contributed by atoms with E-state index < -0.39 is 0 Å². The largest absolute Gasteiger partial charge is 0.313 e. The van der Waals surface area contributed by atoms with E-state index in [1.165, 1.54) is 37.0 Å². The first-order valence-corrected chi connectivity index (χ1v) is 8.05. The van der Waals surface area contributed by atoms with Crippen LogP contribution in [0, 0.1) is 0 Å². The summed E-state index contributed by atoms with van der Waals surface area (Å²) in [7, 11) is 0. The first-order valence-electron chi connectivity index (χ1n) is 6.27. The Labute approximate surface area is 114 Å². The van der Waals surface area contributed by atoms with Gasteiger partial charge in [-0.05, 0) is 43.0 Å². The van der Waals surface area contributed by atoms with Gasteiger partial charge in [0.05, 0.1) is 0 Å². The molecule has 1 aromatic carbocycles. The molecule has 0 radical (unpaired) electrons. The highest BCUT2D eigenvalue weighted by Gasteiger charge is 1.97. The van der Waals surface area contributed by atoms with Gasteiger partial charge in [0.15, 0.2) is 0 Å². The zero-order valence-corrected chi connectivity index (χ0v) is 12.1. The standard InChI is InChI=1S/C14H22ClNS/c1-17-11-7-3-2-6-10-16-12-13-8-4-5-9-14(13)15/h4-5,8-9,16H,2-3,6-7,10-12H2,1H3. The SMILES string of the molecule is CSCCCCCCNCc1ccccc1Cl. The second-order valence-corrected chi connectivity index (χ2v) is 5.57. The minimum absolute atomic E-state index is 0.861. The van der Waals surface area contributed by atoms with Gasteiger partial charge >= 0.3 is 0 Å². The van der Waals surface area contributed by atoms with Crippen LogP contribution in [-0.2, 0) is 6.54 Å². The minimum Gasteiger partial charge on any atom is -0.313 e. The van der Waals surface area contributed by atoms with E-state index in [-0.39, 0.29) is 0 Å². The second-order valence-electron chi connectivity index (χ2n) is 4.18. The Morgan fingerprint density at radius 2 is 1.88 bits per heavy atom. The highest BCUT2D eigenvalue weighted by atomic mass is 35.5. The van der Waals surface area contributed by atoms with Crippen LogP contribution in [0.1, 0.15) is 31.2 Å².